The molecule has 1 aromatic carbocycles. The minimum atomic E-state index is -0.172. The standard InChI is InChI=1S/C26H35N5O3S/c1-3-20-5-4-6-21-22(16-31(25(20)21)15-19-7-13-34-14-8-19)26-27-23(35-28-26)17-29-9-11-30(12-10-29)18-24(32)33-2/h4-6,16,19H,3,7-15,17-18H2,1-2H3. The first-order chi connectivity index (χ1) is 17.1. The number of carbonyl (C=O) groups is 1. The lowest BCUT2D eigenvalue weighted by atomic mass is 10.00. The largest absolute Gasteiger partial charge is 0.468 e. The number of esters is 1. The second-order valence-electron chi connectivity index (χ2n) is 9.56. The predicted molar refractivity (Wildman–Crippen MR) is 137 cm³/mol. The Labute approximate surface area is 211 Å². The van der Waals surface area contributed by atoms with E-state index in [0.29, 0.717) is 12.5 Å². The molecule has 9 heteroatoms. The average molecular weight is 498 g/mol. The molecule has 0 aliphatic carbocycles. The van der Waals surface area contributed by atoms with Crippen LogP contribution in [0.5, 0.6) is 0 Å². The molecule has 0 unspecified atom stereocenters. The maximum absolute atomic E-state index is 11.5. The highest BCUT2D eigenvalue weighted by Crippen LogP contribution is 2.33. The Kier molecular flexibility index (Phi) is 7.77. The third-order valence-corrected chi connectivity index (χ3v) is 7.97. The van der Waals surface area contributed by atoms with Crippen LogP contribution in [0.15, 0.2) is 24.4 Å². The number of piperazine rings is 1. The number of para-hydroxylation sites is 1. The van der Waals surface area contributed by atoms with Gasteiger partial charge in [-0.05, 0) is 42.3 Å². The molecule has 0 saturated carbocycles. The maximum Gasteiger partial charge on any atom is 0.319 e. The van der Waals surface area contributed by atoms with Crippen LogP contribution in [-0.2, 0) is 33.8 Å². The van der Waals surface area contributed by atoms with Crippen molar-refractivity contribution in [3.05, 3.63) is 35.0 Å². The molecule has 2 aliphatic heterocycles. The van der Waals surface area contributed by atoms with Crippen LogP contribution < -0.4 is 0 Å². The van der Waals surface area contributed by atoms with E-state index in [4.69, 9.17) is 18.8 Å². The Hall–Kier alpha value is -2.33. The zero-order valence-corrected chi connectivity index (χ0v) is 21.6. The van der Waals surface area contributed by atoms with Crippen molar-refractivity contribution >= 4 is 28.4 Å². The molecule has 2 saturated heterocycles. The Morgan fingerprint density at radius 1 is 1.17 bits per heavy atom. The number of aryl methyl sites for hydroxylation is 1. The van der Waals surface area contributed by atoms with Crippen molar-refractivity contribution in [1.29, 1.82) is 0 Å². The van der Waals surface area contributed by atoms with Crippen LogP contribution in [0, 0.1) is 5.92 Å². The topological polar surface area (TPSA) is 72.7 Å². The minimum Gasteiger partial charge on any atom is -0.468 e. The van der Waals surface area contributed by atoms with Gasteiger partial charge in [0.05, 0.1) is 25.7 Å². The van der Waals surface area contributed by atoms with Gasteiger partial charge in [0.25, 0.3) is 0 Å². The van der Waals surface area contributed by atoms with Crippen molar-refractivity contribution in [2.75, 3.05) is 53.0 Å². The molecule has 0 spiro atoms. The molecule has 188 valence electrons. The highest BCUT2D eigenvalue weighted by atomic mass is 32.1. The van der Waals surface area contributed by atoms with Crippen LogP contribution in [-0.4, -0.2) is 82.7 Å². The van der Waals surface area contributed by atoms with Crippen molar-refractivity contribution in [3.8, 4) is 11.4 Å². The summed E-state index contributed by atoms with van der Waals surface area (Å²) in [6, 6.07) is 6.61. The monoisotopic (exact) mass is 497 g/mol. The van der Waals surface area contributed by atoms with Crippen LogP contribution >= 0.6 is 11.5 Å². The lowest BCUT2D eigenvalue weighted by Crippen LogP contribution is -2.47. The molecule has 4 heterocycles. The average Bonchev–Trinajstić information content (AvgIpc) is 3.50. The molecule has 2 aromatic heterocycles. The molecular weight excluding hydrogens is 462 g/mol. The van der Waals surface area contributed by atoms with Crippen molar-refractivity contribution in [2.45, 2.75) is 39.3 Å². The molecule has 0 radical (unpaired) electrons. The summed E-state index contributed by atoms with van der Waals surface area (Å²) in [6.45, 7) is 9.69. The molecule has 2 fully saturated rings. The number of rotatable bonds is 8. The molecule has 0 amide bonds. The minimum absolute atomic E-state index is 0.172. The van der Waals surface area contributed by atoms with E-state index in [9.17, 15) is 4.79 Å². The lowest BCUT2D eigenvalue weighted by molar-refractivity contribution is -0.142. The zero-order valence-electron chi connectivity index (χ0n) is 20.7. The van der Waals surface area contributed by atoms with Crippen molar-refractivity contribution in [3.63, 3.8) is 0 Å². The van der Waals surface area contributed by atoms with Gasteiger partial charge in [-0.2, -0.15) is 4.37 Å². The first-order valence-electron chi connectivity index (χ1n) is 12.7. The normalized spacial score (nSPS) is 18.3. The lowest BCUT2D eigenvalue weighted by Gasteiger charge is -2.33. The number of ether oxygens (including phenoxy) is 2. The van der Waals surface area contributed by atoms with Crippen LogP contribution in [0.4, 0.5) is 0 Å². The van der Waals surface area contributed by atoms with E-state index < -0.39 is 0 Å². The van der Waals surface area contributed by atoms with Crippen molar-refractivity contribution in [2.24, 2.45) is 5.92 Å². The van der Waals surface area contributed by atoms with Gasteiger partial charge in [0.15, 0.2) is 5.82 Å². The zero-order chi connectivity index (χ0) is 24.2. The number of hydrogen-bond donors (Lipinski definition) is 0. The van der Waals surface area contributed by atoms with E-state index in [0.717, 1.165) is 88.1 Å². The number of carbonyl (C=O) groups excluding carboxylic acids is 1. The fraction of sp³-hybridized carbons (Fsp3) is 0.577. The van der Waals surface area contributed by atoms with Gasteiger partial charge in [-0.3, -0.25) is 14.6 Å². The highest BCUT2D eigenvalue weighted by Gasteiger charge is 2.23. The first-order valence-corrected chi connectivity index (χ1v) is 13.4. The summed E-state index contributed by atoms with van der Waals surface area (Å²) in [4.78, 5) is 21.0. The number of aromatic nitrogens is 3. The van der Waals surface area contributed by atoms with Gasteiger partial charge < -0.3 is 14.0 Å². The van der Waals surface area contributed by atoms with Gasteiger partial charge in [-0.15, -0.1) is 0 Å². The Morgan fingerprint density at radius 2 is 1.94 bits per heavy atom. The molecule has 0 atom stereocenters. The molecule has 0 bridgehead atoms. The van der Waals surface area contributed by atoms with Crippen molar-refractivity contribution in [1.82, 2.24) is 23.7 Å². The summed E-state index contributed by atoms with van der Waals surface area (Å²) in [6.07, 6.45) is 5.52. The van der Waals surface area contributed by atoms with Crippen LogP contribution in [0.2, 0.25) is 0 Å². The van der Waals surface area contributed by atoms with E-state index in [1.165, 1.54) is 35.1 Å². The van der Waals surface area contributed by atoms with E-state index in [-0.39, 0.29) is 5.97 Å². The fourth-order valence-corrected chi connectivity index (χ4v) is 5.92. The first kappa shape index (κ1) is 24.4. The molecule has 8 nitrogen and oxygen atoms in total. The number of nitrogens with zero attached hydrogens (tertiary/aromatic N) is 5. The number of methoxy groups -OCH3 is 1. The van der Waals surface area contributed by atoms with Gasteiger partial charge in [-0.1, -0.05) is 25.1 Å². The maximum atomic E-state index is 11.5. The Morgan fingerprint density at radius 3 is 2.69 bits per heavy atom. The van der Waals surface area contributed by atoms with Gasteiger partial charge in [0.1, 0.15) is 5.01 Å². The van der Waals surface area contributed by atoms with Gasteiger partial charge in [0.2, 0.25) is 0 Å². The Bertz CT molecular complexity index is 1150. The summed E-state index contributed by atoms with van der Waals surface area (Å²) in [7, 11) is 1.44. The SMILES string of the molecule is CCc1cccc2c(-c3nsc(CN4CCN(CC(=O)OC)CC4)n3)cn(CC3CCOCC3)c12. The molecule has 3 aromatic rings. The second kappa shape index (κ2) is 11.2. The number of benzene rings is 1. The van der Waals surface area contributed by atoms with Crippen LogP contribution in [0.3, 0.4) is 0 Å². The summed E-state index contributed by atoms with van der Waals surface area (Å²) in [5, 5.41) is 2.29. The molecule has 0 N–H and O–H groups in total. The van der Waals surface area contributed by atoms with E-state index in [1.54, 1.807) is 0 Å². The fourth-order valence-electron chi connectivity index (χ4n) is 5.22. The summed E-state index contributed by atoms with van der Waals surface area (Å²) >= 11 is 1.50. The number of fused-ring (bicyclic) bond motifs is 1. The van der Waals surface area contributed by atoms with Gasteiger partial charge >= 0.3 is 5.97 Å². The quantitative estimate of drug-likeness (QED) is 0.442. The van der Waals surface area contributed by atoms with E-state index in [2.05, 4.69) is 45.7 Å². The number of hydrogen-bond acceptors (Lipinski definition) is 8. The van der Waals surface area contributed by atoms with Gasteiger partial charge in [-0.25, -0.2) is 4.98 Å². The smallest absolute Gasteiger partial charge is 0.319 e. The third-order valence-electron chi connectivity index (χ3n) is 7.27. The predicted octanol–water partition coefficient (Wildman–Crippen LogP) is 3.44. The summed E-state index contributed by atoms with van der Waals surface area (Å²) < 4.78 is 17.6. The molecule has 35 heavy (non-hydrogen) atoms. The molecule has 5 rings (SSSR count). The second-order valence-corrected chi connectivity index (χ2v) is 10.4. The summed E-state index contributed by atoms with van der Waals surface area (Å²) in [5.41, 5.74) is 3.84. The highest BCUT2D eigenvalue weighted by molar-refractivity contribution is 7.05. The van der Waals surface area contributed by atoms with Crippen LogP contribution in [0.1, 0.15) is 30.3 Å². The van der Waals surface area contributed by atoms with Crippen molar-refractivity contribution < 1.29 is 14.3 Å². The van der Waals surface area contributed by atoms with Gasteiger partial charge in [0, 0.05) is 63.1 Å². The molecule has 2 aliphatic rings. The Balaban J connectivity index is 1.32. The summed E-state index contributed by atoms with van der Waals surface area (Å²) in [5.74, 6) is 1.31. The van der Waals surface area contributed by atoms with Crippen LogP contribution in [0.25, 0.3) is 22.3 Å². The molecular formula is C26H35N5O3S. The van der Waals surface area contributed by atoms with E-state index in [1.807, 2.05) is 0 Å². The third kappa shape index (κ3) is 5.58. The van der Waals surface area contributed by atoms with E-state index >= 15 is 0 Å².